The molecule has 2 aromatic carbocycles. The molecule has 0 unspecified atom stereocenters. The minimum atomic E-state index is -1.01. The first-order valence-corrected chi connectivity index (χ1v) is 7.01. The van der Waals surface area contributed by atoms with E-state index in [1.54, 1.807) is 24.3 Å². The predicted octanol–water partition coefficient (Wildman–Crippen LogP) is 4.24. The molecule has 0 amide bonds. The van der Waals surface area contributed by atoms with E-state index >= 15 is 0 Å². The van der Waals surface area contributed by atoms with Crippen LogP contribution >= 0.6 is 23.2 Å². The highest BCUT2D eigenvalue weighted by molar-refractivity contribution is 6.36. The molecule has 0 spiro atoms. The minimum Gasteiger partial charge on any atom is -0.494 e. The number of halogens is 2. The topological polar surface area (TPSA) is 75.2 Å². The van der Waals surface area contributed by atoms with Crippen molar-refractivity contribution in [2.75, 3.05) is 7.11 Å². The number of aromatic nitrogens is 2. The first-order chi connectivity index (χ1) is 10.5. The van der Waals surface area contributed by atoms with Crippen LogP contribution in [-0.2, 0) is 0 Å². The summed E-state index contributed by atoms with van der Waals surface area (Å²) >= 11 is 12.2. The summed E-state index contributed by atoms with van der Waals surface area (Å²) in [5.74, 6) is -0.578. The van der Waals surface area contributed by atoms with E-state index in [2.05, 4.69) is 10.2 Å². The van der Waals surface area contributed by atoms with Crippen LogP contribution in [0.15, 0.2) is 30.3 Å². The zero-order chi connectivity index (χ0) is 15.9. The summed E-state index contributed by atoms with van der Waals surface area (Å²) in [6.45, 7) is 0. The molecule has 22 heavy (non-hydrogen) atoms. The molecule has 0 aliphatic rings. The number of carboxylic acids is 1. The molecular weight excluding hydrogens is 327 g/mol. The van der Waals surface area contributed by atoms with E-state index in [1.165, 1.54) is 13.2 Å². The van der Waals surface area contributed by atoms with Crippen molar-refractivity contribution in [2.45, 2.75) is 0 Å². The number of carboxylic acid groups (broad SMARTS) is 1. The number of nitrogens with one attached hydrogen (secondary N) is 1. The highest BCUT2D eigenvalue weighted by atomic mass is 35.5. The molecule has 1 heterocycles. The summed E-state index contributed by atoms with van der Waals surface area (Å²) in [7, 11) is 1.50. The fourth-order valence-electron chi connectivity index (χ4n) is 2.30. The lowest BCUT2D eigenvalue weighted by molar-refractivity contribution is 0.0697. The zero-order valence-corrected chi connectivity index (χ0v) is 12.9. The van der Waals surface area contributed by atoms with Gasteiger partial charge in [-0.1, -0.05) is 23.2 Å². The number of carbonyl (C=O) groups is 1. The standard InChI is InChI=1S/C15H10Cl2N2O3/c1-22-14-10(5-8(16)6-11(14)17)13-9-4-7(15(20)21)2-3-12(9)18-19-13/h2-6H,1H3,(H,18,19)(H,20,21). The van der Waals surface area contributed by atoms with Crippen LogP contribution in [0.5, 0.6) is 5.75 Å². The van der Waals surface area contributed by atoms with E-state index in [0.29, 0.717) is 38.0 Å². The molecule has 0 bridgehead atoms. The number of fused-ring (bicyclic) bond motifs is 1. The molecule has 3 rings (SSSR count). The third-order valence-electron chi connectivity index (χ3n) is 3.28. The summed E-state index contributed by atoms with van der Waals surface area (Å²) in [5.41, 5.74) is 1.99. The Morgan fingerprint density at radius 2 is 2.05 bits per heavy atom. The van der Waals surface area contributed by atoms with Crippen LogP contribution in [0.3, 0.4) is 0 Å². The number of aromatic carboxylic acids is 1. The van der Waals surface area contributed by atoms with Crippen LogP contribution in [0.2, 0.25) is 10.0 Å². The van der Waals surface area contributed by atoms with Crippen LogP contribution in [0.25, 0.3) is 22.2 Å². The van der Waals surface area contributed by atoms with Gasteiger partial charge in [0.25, 0.3) is 0 Å². The Kier molecular flexibility index (Phi) is 3.68. The van der Waals surface area contributed by atoms with Gasteiger partial charge >= 0.3 is 5.97 Å². The Bertz CT molecular complexity index is 890. The molecule has 0 atom stereocenters. The van der Waals surface area contributed by atoms with Gasteiger partial charge in [-0.25, -0.2) is 4.79 Å². The van der Waals surface area contributed by atoms with Crippen molar-refractivity contribution in [2.24, 2.45) is 0 Å². The van der Waals surface area contributed by atoms with Gasteiger partial charge in [-0.15, -0.1) is 0 Å². The second-order valence-corrected chi connectivity index (χ2v) is 5.45. The quantitative estimate of drug-likeness (QED) is 0.749. The maximum Gasteiger partial charge on any atom is 0.335 e. The van der Waals surface area contributed by atoms with E-state index in [4.69, 9.17) is 33.0 Å². The van der Waals surface area contributed by atoms with Gasteiger partial charge in [0, 0.05) is 16.0 Å². The molecule has 7 heteroatoms. The minimum absolute atomic E-state index is 0.169. The van der Waals surface area contributed by atoms with Crippen molar-refractivity contribution >= 4 is 40.1 Å². The normalized spacial score (nSPS) is 10.9. The Morgan fingerprint density at radius 1 is 1.27 bits per heavy atom. The molecule has 0 saturated heterocycles. The summed E-state index contributed by atoms with van der Waals surface area (Å²) in [5, 5.41) is 17.7. The summed E-state index contributed by atoms with van der Waals surface area (Å²) in [4.78, 5) is 11.1. The molecule has 2 N–H and O–H groups in total. The third-order valence-corrected chi connectivity index (χ3v) is 3.78. The van der Waals surface area contributed by atoms with Crippen LogP contribution < -0.4 is 4.74 Å². The smallest absolute Gasteiger partial charge is 0.335 e. The molecule has 0 fully saturated rings. The second kappa shape index (κ2) is 5.51. The Morgan fingerprint density at radius 3 is 2.73 bits per heavy atom. The van der Waals surface area contributed by atoms with Crippen LogP contribution in [0.1, 0.15) is 10.4 Å². The average Bonchev–Trinajstić information content (AvgIpc) is 2.89. The van der Waals surface area contributed by atoms with Crippen LogP contribution in [0.4, 0.5) is 0 Å². The Labute approximate surface area is 135 Å². The molecule has 0 aliphatic carbocycles. The lowest BCUT2D eigenvalue weighted by atomic mass is 10.0. The molecule has 5 nitrogen and oxygen atoms in total. The molecule has 112 valence electrons. The first-order valence-electron chi connectivity index (χ1n) is 6.26. The molecule has 0 radical (unpaired) electrons. The maximum atomic E-state index is 11.1. The number of nitrogens with zero attached hydrogens (tertiary/aromatic N) is 1. The number of aromatic amines is 1. The number of H-pyrrole nitrogens is 1. The van der Waals surface area contributed by atoms with Crippen molar-refractivity contribution < 1.29 is 14.6 Å². The third kappa shape index (κ3) is 2.38. The molecule has 1 aromatic heterocycles. The fourth-order valence-corrected chi connectivity index (χ4v) is 2.87. The van der Waals surface area contributed by atoms with Gasteiger partial charge in [-0.3, -0.25) is 5.10 Å². The summed E-state index contributed by atoms with van der Waals surface area (Å²) in [6, 6.07) is 7.96. The van der Waals surface area contributed by atoms with Crippen molar-refractivity contribution in [1.29, 1.82) is 0 Å². The SMILES string of the molecule is COc1c(Cl)cc(Cl)cc1-c1n[nH]c2ccc(C(=O)O)cc12. The zero-order valence-electron chi connectivity index (χ0n) is 11.4. The molecule has 3 aromatic rings. The Balaban J connectivity index is 2.31. The number of ether oxygens (including phenoxy) is 1. The van der Waals surface area contributed by atoms with Gasteiger partial charge in [0.05, 0.1) is 23.2 Å². The van der Waals surface area contributed by atoms with Gasteiger partial charge in [-0.05, 0) is 30.3 Å². The van der Waals surface area contributed by atoms with Crippen molar-refractivity contribution in [3.8, 4) is 17.0 Å². The highest BCUT2D eigenvalue weighted by Gasteiger charge is 2.17. The van der Waals surface area contributed by atoms with Gasteiger partial charge in [0.15, 0.2) is 0 Å². The van der Waals surface area contributed by atoms with Crippen LogP contribution in [-0.4, -0.2) is 28.4 Å². The van der Waals surface area contributed by atoms with Gasteiger partial charge in [0.2, 0.25) is 0 Å². The molecule has 0 aliphatic heterocycles. The monoisotopic (exact) mass is 336 g/mol. The average molecular weight is 337 g/mol. The van der Waals surface area contributed by atoms with E-state index < -0.39 is 5.97 Å². The molecular formula is C15H10Cl2N2O3. The van der Waals surface area contributed by atoms with Crippen molar-refractivity contribution in [1.82, 2.24) is 10.2 Å². The van der Waals surface area contributed by atoms with E-state index in [0.717, 1.165) is 0 Å². The number of rotatable bonds is 3. The number of methoxy groups -OCH3 is 1. The van der Waals surface area contributed by atoms with Gasteiger partial charge in [0.1, 0.15) is 11.4 Å². The largest absolute Gasteiger partial charge is 0.494 e. The van der Waals surface area contributed by atoms with Crippen molar-refractivity contribution in [3.63, 3.8) is 0 Å². The second-order valence-electron chi connectivity index (χ2n) is 4.61. The number of benzene rings is 2. The lowest BCUT2D eigenvalue weighted by Gasteiger charge is -2.09. The van der Waals surface area contributed by atoms with Gasteiger partial charge in [-0.2, -0.15) is 5.10 Å². The van der Waals surface area contributed by atoms with E-state index in [9.17, 15) is 4.79 Å². The van der Waals surface area contributed by atoms with Gasteiger partial charge < -0.3 is 9.84 Å². The van der Waals surface area contributed by atoms with E-state index in [1.807, 2.05) is 0 Å². The summed E-state index contributed by atoms with van der Waals surface area (Å²) in [6.07, 6.45) is 0. The van der Waals surface area contributed by atoms with Crippen LogP contribution in [0, 0.1) is 0 Å². The maximum absolute atomic E-state index is 11.1. The first kappa shape index (κ1) is 14.7. The molecule has 0 saturated carbocycles. The lowest BCUT2D eigenvalue weighted by Crippen LogP contribution is -1.95. The van der Waals surface area contributed by atoms with Crippen molar-refractivity contribution in [3.05, 3.63) is 45.9 Å². The fraction of sp³-hybridized carbons (Fsp3) is 0.0667. The summed E-state index contributed by atoms with van der Waals surface area (Å²) < 4.78 is 5.32. The predicted molar refractivity (Wildman–Crippen MR) is 85.1 cm³/mol. The number of hydrogen-bond donors (Lipinski definition) is 2. The van der Waals surface area contributed by atoms with E-state index in [-0.39, 0.29) is 5.56 Å². The Hall–Kier alpha value is -2.24. The highest BCUT2D eigenvalue weighted by Crippen LogP contribution is 2.40. The number of hydrogen-bond acceptors (Lipinski definition) is 3.